The summed E-state index contributed by atoms with van der Waals surface area (Å²) < 4.78 is 4.89. The summed E-state index contributed by atoms with van der Waals surface area (Å²) in [6, 6.07) is 4.11. The molecule has 4 aromatic rings. The molecule has 1 amide bonds. The molecule has 0 unspecified atom stereocenters. The first-order valence-corrected chi connectivity index (χ1v) is 12.5. The number of carbonyl (C=O) groups excluding carboxylic acids is 1. The first kappa shape index (κ1) is 27.6. The van der Waals surface area contributed by atoms with Crippen LogP contribution in [0.25, 0.3) is 21.4 Å². The van der Waals surface area contributed by atoms with Gasteiger partial charge in [-0.15, -0.1) is 12.4 Å². The zero-order chi connectivity index (χ0) is 25.4. The van der Waals surface area contributed by atoms with Gasteiger partial charge >= 0.3 is 5.69 Å². The van der Waals surface area contributed by atoms with Crippen LogP contribution in [0, 0.1) is 13.8 Å². The molecule has 0 fully saturated rings. The van der Waals surface area contributed by atoms with Gasteiger partial charge in [0.05, 0.1) is 16.5 Å². The number of imidazole rings is 1. The van der Waals surface area contributed by atoms with Crippen molar-refractivity contribution in [2.75, 3.05) is 31.1 Å². The number of hydrogen-bond acceptors (Lipinski definition) is 7. The van der Waals surface area contributed by atoms with Crippen molar-refractivity contribution >= 4 is 56.2 Å². The van der Waals surface area contributed by atoms with Crippen LogP contribution in [-0.4, -0.2) is 60.7 Å². The maximum atomic E-state index is 13.7. The number of aryl methyl sites for hydroxylation is 3. The normalized spacial score (nSPS) is 11.4. The highest BCUT2D eigenvalue weighted by molar-refractivity contribution is 7.22. The molecule has 194 valence electrons. The van der Waals surface area contributed by atoms with E-state index in [-0.39, 0.29) is 36.0 Å². The number of hydrogen-bond donors (Lipinski definition) is 0. The van der Waals surface area contributed by atoms with E-state index >= 15 is 0 Å². The Labute approximate surface area is 219 Å². The molecule has 0 spiro atoms. The first-order chi connectivity index (χ1) is 16.7. The van der Waals surface area contributed by atoms with E-state index in [1.165, 1.54) is 33.8 Å². The van der Waals surface area contributed by atoms with Crippen LogP contribution in [-0.2, 0) is 25.4 Å². The lowest BCUT2D eigenvalue weighted by atomic mass is 10.1. The van der Waals surface area contributed by atoms with Crippen LogP contribution in [0.3, 0.4) is 0 Å². The van der Waals surface area contributed by atoms with Crippen molar-refractivity contribution in [3.05, 3.63) is 50.4 Å². The van der Waals surface area contributed by atoms with E-state index in [4.69, 9.17) is 4.98 Å². The molecule has 0 atom stereocenters. The van der Waals surface area contributed by atoms with Crippen molar-refractivity contribution < 1.29 is 4.79 Å². The zero-order valence-corrected chi connectivity index (χ0v) is 23.1. The van der Waals surface area contributed by atoms with Crippen LogP contribution >= 0.6 is 23.7 Å². The fraction of sp³-hybridized carbons (Fsp3) is 0.458. The summed E-state index contributed by atoms with van der Waals surface area (Å²) in [5, 5.41) is 0.635. The van der Waals surface area contributed by atoms with E-state index in [1.807, 2.05) is 13.0 Å². The molecule has 0 saturated heterocycles. The van der Waals surface area contributed by atoms with Crippen LogP contribution in [0.4, 0.5) is 5.13 Å². The number of nitrogens with zero attached hydrogens (tertiary/aromatic N) is 7. The minimum atomic E-state index is -0.478. The highest BCUT2D eigenvalue weighted by Crippen LogP contribution is 2.32. The average Bonchev–Trinajstić information content (AvgIpc) is 3.46. The number of amides is 1. The second-order valence-corrected chi connectivity index (χ2v) is 9.68. The Hall–Kier alpha value is -3.02. The van der Waals surface area contributed by atoms with Gasteiger partial charge in [0, 0.05) is 27.2 Å². The molecular weight excluding hydrogens is 502 g/mol. The van der Waals surface area contributed by atoms with E-state index in [0.29, 0.717) is 18.2 Å². The van der Waals surface area contributed by atoms with E-state index in [9.17, 15) is 14.4 Å². The van der Waals surface area contributed by atoms with Gasteiger partial charge in [-0.2, -0.15) is 0 Å². The summed E-state index contributed by atoms with van der Waals surface area (Å²) in [5.41, 5.74) is 2.71. The quantitative estimate of drug-likeness (QED) is 0.345. The Morgan fingerprint density at radius 2 is 1.75 bits per heavy atom. The predicted octanol–water partition coefficient (Wildman–Crippen LogP) is 2.46. The van der Waals surface area contributed by atoms with Crippen molar-refractivity contribution in [3.8, 4) is 0 Å². The molecule has 1 aromatic carbocycles. The van der Waals surface area contributed by atoms with Gasteiger partial charge in [-0.3, -0.25) is 23.6 Å². The summed E-state index contributed by atoms with van der Waals surface area (Å²) in [6.45, 7) is 11.1. The molecule has 0 aliphatic rings. The number of rotatable bonds is 8. The SMILES string of the molecule is CCN(CC)CCN(C(=O)Cn1cnc2c1c(=O)n(C)c(=O)n2C)c1nc2c(C)c(C)ccc2s1.Cl. The Bertz CT molecular complexity index is 1530. The van der Waals surface area contributed by atoms with Crippen molar-refractivity contribution in [1.82, 2.24) is 28.6 Å². The van der Waals surface area contributed by atoms with Crippen molar-refractivity contribution in [1.29, 1.82) is 0 Å². The van der Waals surface area contributed by atoms with Crippen LogP contribution in [0.1, 0.15) is 25.0 Å². The van der Waals surface area contributed by atoms with E-state index in [1.54, 1.807) is 11.9 Å². The third-order valence-electron chi connectivity index (χ3n) is 6.66. The van der Waals surface area contributed by atoms with Crippen molar-refractivity contribution in [2.24, 2.45) is 14.1 Å². The van der Waals surface area contributed by atoms with Gasteiger partial charge < -0.3 is 9.47 Å². The number of fused-ring (bicyclic) bond motifs is 2. The number of likely N-dealkylation sites (N-methyl/N-ethyl adjacent to an activating group) is 1. The smallest absolute Gasteiger partial charge is 0.315 e. The highest BCUT2D eigenvalue weighted by Gasteiger charge is 2.23. The number of aromatic nitrogens is 5. The highest BCUT2D eigenvalue weighted by atomic mass is 35.5. The Balaban J connectivity index is 0.00000361. The Kier molecular flexibility index (Phi) is 8.37. The van der Waals surface area contributed by atoms with E-state index in [0.717, 1.165) is 39.0 Å². The number of benzene rings is 1. The lowest BCUT2D eigenvalue weighted by molar-refractivity contribution is -0.119. The standard InChI is InChI=1S/C24H31N7O3S.ClH/c1-7-29(8-2)11-12-31(23-26-19-16(4)15(3)9-10-17(19)35-23)18(32)13-30-14-25-21-20(30)22(33)28(6)24(34)27(21)5;/h9-10,14H,7-8,11-13H2,1-6H3;1H. The third-order valence-corrected chi connectivity index (χ3v) is 7.71. The molecule has 0 bridgehead atoms. The molecule has 0 radical (unpaired) electrons. The summed E-state index contributed by atoms with van der Waals surface area (Å²) >= 11 is 1.49. The maximum Gasteiger partial charge on any atom is 0.332 e. The second kappa shape index (κ2) is 10.9. The van der Waals surface area contributed by atoms with Crippen LogP contribution in [0.15, 0.2) is 28.0 Å². The van der Waals surface area contributed by atoms with Crippen molar-refractivity contribution in [3.63, 3.8) is 0 Å². The summed E-state index contributed by atoms with van der Waals surface area (Å²) in [6.07, 6.45) is 1.44. The molecule has 0 N–H and O–H groups in total. The molecular formula is C24H32ClN7O3S. The molecule has 4 rings (SSSR count). The molecule has 3 aromatic heterocycles. The van der Waals surface area contributed by atoms with Gasteiger partial charge in [-0.05, 0) is 44.1 Å². The minimum absolute atomic E-state index is 0. The lowest BCUT2D eigenvalue weighted by Crippen LogP contribution is -2.41. The average molecular weight is 534 g/mol. The molecule has 12 heteroatoms. The Morgan fingerprint density at radius 3 is 2.42 bits per heavy atom. The zero-order valence-electron chi connectivity index (χ0n) is 21.4. The number of carbonyl (C=O) groups is 1. The molecule has 0 aliphatic carbocycles. The van der Waals surface area contributed by atoms with Gasteiger partial charge in [0.1, 0.15) is 6.54 Å². The minimum Gasteiger partial charge on any atom is -0.315 e. The third kappa shape index (κ3) is 4.82. The number of thiazole rings is 1. The van der Waals surface area contributed by atoms with Gasteiger partial charge in [-0.1, -0.05) is 31.3 Å². The van der Waals surface area contributed by atoms with Gasteiger partial charge in [-0.25, -0.2) is 14.8 Å². The largest absolute Gasteiger partial charge is 0.332 e. The monoisotopic (exact) mass is 533 g/mol. The first-order valence-electron chi connectivity index (χ1n) is 11.7. The van der Waals surface area contributed by atoms with Crippen molar-refractivity contribution in [2.45, 2.75) is 34.2 Å². The molecule has 36 heavy (non-hydrogen) atoms. The van der Waals surface area contributed by atoms with E-state index < -0.39 is 11.2 Å². The molecule has 10 nitrogen and oxygen atoms in total. The van der Waals surface area contributed by atoms with Gasteiger partial charge in [0.2, 0.25) is 5.91 Å². The lowest BCUT2D eigenvalue weighted by Gasteiger charge is -2.25. The molecule has 0 saturated carbocycles. The van der Waals surface area contributed by atoms with Crippen LogP contribution in [0.2, 0.25) is 0 Å². The topological polar surface area (TPSA) is 98.3 Å². The van der Waals surface area contributed by atoms with Crippen LogP contribution in [0.5, 0.6) is 0 Å². The number of halogens is 1. The Morgan fingerprint density at radius 1 is 1.06 bits per heavy atom. The fourth-order valence-electron chi connectivity index (χ4n) is 4.19. The van der Waals surface area contributed by atoms with E-state index in [2.05, 4.69) is 36.7 Å². The van der Waals surface area contributed by atoms with Gasteiger partial charge in [0.25, 0.3) is 5.56 Å². The summed E-state index contributed by atoms with van der Waals surface area (Å²) in [4.78, 5) is 51.8. The maximum absolute atomic E-state index is 13.7. The summed E-state index contributed by atoms with van der Waals surface area (Å²) in [7, 11) is 2.98. The molecule has 3 heterocycles. The van der Waals surface area contributed by atoms with Gasteiger partial charge in [0.15, 0.2) is 16.3 Å². The predicted molar refractivity (Wildman–Crippen MR) is 147 cm³/mol. The number of anilines is 1. The van der Waals surface area contributed by atoms with Crippen LogP contribution < -0.4 is 16.1 Å². The molecule has 0 aliphatic heterocycles. The summed E-state index contributed by atoms with van der Waals surface area (Å²) in [5.74, 6) is -0.194. The fourth-order valence-corrected chi connectivity index (χ4v) is 5.25. The second-order valence-electron chi connectivity index (χ2n) is 8.67.